The number of aliphatic hydroxyl groups excluding tert-OH is 1. The van der Waals surface area contributed by atoms with Crippen molar-refractivity contribution >= 4 is 5.91 Å². The lowest BCUT2D eigenvalue weighted by atomic mass is 9.93. The lowest BCUT2D eigenvalue weighted by Gasteiger charge is -2.24. The van der Waals surface area contributed by atoms with E-state index in [2.05, 4.69) is 29.9 Å². The number of aromatic nitrogens is 3. The fraction of sp³-hybridized carbons (Fsp3) is 0.333. The summed E-state index contributed by atoms with van der Waals surface area (Å²) in [5, 5.41) is 11.1. The maximum absolute atomic E-state index is 13.8. The first-order valence-electron chi connectivity index (χ1n) is 14.2. The zero-order valence-electron chi connectivity index (χ0n) is 23.2. The van der Waals surface area contributed by atoms with Crippen LogP contribution in [0.1, 0.15) is 78.9 Å². The fourth-order valence-electron chi connectivity index (χ4n) is 5.73. The van der Waals surface area contributed by atoms with Gasteiger partial charge in [0.05, 0.1) is 23.2 Å². The van der Waals surface area contributed by atoms with E-state index in [9.17, 15) is 19.1 Å². The summed E-state index contributed by atoms with van der Waals surface area (Å²) >= 11 is 0. The second kappa shape index (κ2) is 10.7. The molecule has 0 unspecified atom stereocenters. The number of aryl methyl sites for hydroxylation is 1. The number of pyridine rings is 1. The van der Waals surface area contributed by atoms with Crippen molar-refractivity contribution in [3.8, 4) is 11.1 Å². The third-order valence-corrected chi connectivity index (χ3v) is 8.38. The van der Waals surface area contributed by atoms with Crippen LogP contribution in [0.3, 0.4) is 0 Å². The molecular weight excluding hydrogens is 519 g/mol. The zero-order valence-corrected chi connectivity index (χ0v) is 23.2. The Morgan fingerprint density at radius 1 is 1.05 bits per heavy atom. The minimum absolute atomic E-state index is 0.0782. The Labute approximate surface area is 238 Å². The maximum atomic E-state index is 13.8. The predicted octanol–water partition coefficient (Wildman–Crippen LogP) is 5.18. The van der Waals surface area contributed by atoms with E-state index >= 15 is 0 Å². The van der Waals surface area contributed by atoms with Crippen molar-refractivity contribution in [2.45, 2.75) is 63.5 Å². The van der Waals surface area contributed by atoms with Crippen molar-refractivity contribution in [3.05, 3.63) is 117 Å². The summed E-state index contributed by atoms with van der Waals surface area (Å²) in [6, 6.07) is 15.3. The van der Waals surface area contributed by atoms with Crippen molar-refractivity contribution in [1.29, 1.82) is 0 Å². The molecule has 1 aliphatic carbocycles. The first-order valence-corrected chi connectivity index (χ1v) is 14.2. The number of rotatable bonds is 6. The number of carbonyl (C=O) groups excluding carboxylic acids is 1. The van der Waals surface area contributed by atoms with Gasteiger partial charge in [-0.2, -0.15) is 0 Å². The van der Waals surface area contributed by atoms with E-state index in [0.717, 1.165) is 24.0 Å². The molecule has 0 saturated heterocycles. The number of nitrogens with one attached hydrogen (secondary N) is 1. The number of H-pyrrole nitrogens is 1. The Kier molecular flexibility index (Phi) is 7.03. The number of nitrogens with zero attached hydrogens (tertiary/aromatic N) is 3. The van der Waals surface area contributed by atoms with Gasteiger partial charge < -0.3 is 15.0 Å². The number of aromatic amines is 1. The second-order valence-electron chi connectivity index (χ2n) is 11.5. The summed E-state index contributed by atoms with van der Waals surface area (Å²) in [7, 11) is 0. The van der Waals surface area contributed by atoms with Crippen LogP contribution in [-0.2, 0) is 23.2 Å². The Morgan fingerprint density at radius 2 is 1.80 bits per heavy atom. The number of aliphatic hydroxyl groups is 1. The van der Waals surface area contributed by atoms with E-state index in [-0.39, 0.29) is 23.3 Å². The molecule has 1 atom stereocenters. The standard InChI is InChI=1S/C33H33FN4O3/c1-20(2)24-15-25(18-35-17-24)33(11-12-33)32-36-28-10-5-13-38(19-27(28)30(40)37-32)31(41)29(39)23-8-3-6-21(14-23)22-7-4-9-26(34)16-22/h3-4,6-9,14-18,20,29,39H,5,10-13,19H2,1-2H3,(H,36,37,40)/t29-/m1/s1. The van der Waals surface area contributed by atoms with E-state index in [4.69, 9.17) is 4.98 Å². The smallest absolute Gasteiger partial charge is 0.256 e. The van der Waals surface area contributed by atoms with Crippen molar-refractivity contribution in [2.75, 3.05) is 6.54 Å². The van der Waals surface area contributed by atoms with Gasteiger partial charge in [-0.25, -0.2) is 9.37 Å². The normalized spacial score (nSPS) is 16.7. The van der Waals surface area contributed by atoms with E-state index < -0.39 is 12.0 Å². The van der Waals surface area contributed by atoms with E-state index in [0.29, 0.717) is 59.1 Å². The van der Waals surface area contributed by atoms with Gasteiger partial charge in [0.2, 0.25) is 0 Å². The lowest BCUT2D eigenvalue weighted by molar-refractivity contribution is -0.141. The van der Waals surface area contributed by atoms with Gasteiger partial charge in [-0.05, 0) is 77.6 Å². The van der Waals surface area contributed by atoms with Crippen LogP contribution >= 0.6 is 0 Å². The first kappa shape index (κ1) is 27.0. The molecule has 1 fully saturated rings. The molecule has 1 amide bonds. The number of hydrogen-bond donors (Lipinski definition) is 2. The zero-order chi connectivity index (χ0) is 28.7. The summed E-state index contributed by atoms with van der Waals surface area (Å²) in [6.07, 6.45) is 5.33. The van der Waals surface area contributed by atoms with Gasteiger partial charge in [-0.15, -0.1) is 0 Å². The SMILES string of the molecule is CC(C)c1cncc(C2(c3nc4c(c(=O)[nH]3)CN(C(=O)[C@H](O)c3cccc(-c5cccc(F)c5)c3)CCC4)CC2)c1. The average Bonchev–Trinajstić information content (AvgIpc) is 3.81. The largest absolute Gasteiger partial charge is 0.378 e. The molecule has 1 aliphatic heterocycles. The molecular formula is C33H33FN4O3. The van der Waals surface area contributed by atoms with E-state index in [1.54, 1.807) is 30.3 Å². The van der Waals surface area contributed by atoms with Gasteiger partial charge in [0.15, 0.2) is 6.10 Å². The number of hydrogen-bond acceptors (Lipinski definition) is 5. The summed E-state index contributed by atoms with van der Waals surface area (Å²) < 4.78 is 13.8. The van der Waals surface area contributed by atoms with Crippen LogP contribution in [0.25, 0.3) is 11.1 Å². The van der Waals surface area contributed by atoms with Crippen LogP contribution in [0.4, 0.5) is 4.39 Å². The maximum Gasteiger partial charge on any atom is 0.256 e. The Bertz CT molecular complexity index is 1680. The number of carbonyl (C=O) groups is 1. The molecule has 1 saturated carbocycles. The highest BCUT2D eigenvalue weighted by molar-refractivity contribution is 5.83. The molecule has 0 spiro atoms. The van der Waals surface area contributed by atoms with Crippen molar-refractivity contribution in [3.63, 3.8) is 0 Å². The van der Waals surface area contributed by atoms with Gasteiger partial charge in [0.25, 0.3) is 11.5 Å². The Hall–Kier alpha value is -4.17. The highest BCUT2D eigenvalue weighted by Gasteiger charge is 2.49. The van der Waals surface area contributed by atoms with Gasteiger partial charge in [0.1, 0.15) is 11.6 Å². The lowest BCUT2D eigenvalue weighted by Crippen LogP contribution is -2.36. The summed E-state index contributed by atoms with van der Waals surface area (Å²) in [5.74, 6) is 0.175. The third-order valence-electron chi connectivity index (χ3n) is 8.38. The molecule has 2 aromatic carbocycles. The molecule has 4 aromatic rings. The molecule has 2 aliphatic rings. The van der Waals surface area contributed by atoms with Gasteiger partial charge >= 0.3 is 0 Å². The Balaban J connectivity index is 1.25. The third kappa shape index (κ3) is 5.20. The minimum Gasteiger partial charge on any atom is -0.378 e. The van der Waals surface area contributed by atoms with E-state index in [1.807, 2.05) is 18.5 Å². The molecule has 3 heterocycles. The van der Waals surface area contributed by atoms with Crippen LogP contribution in [0, 0.1) is 5.82 Å². The highest BCUT2D eigenvalue weighted by Crippen LogP contribution is 2.52. The summed E-state index contributed by atoms with van der Waals surface area (Å²) in [6.45, 7) is 4.74. The van der Waals surface area contributed by atoms with Gasteiger partial charge in [-0.1, -0.05) is 50.2 Å². The molecule has 6 rings (SSSR count). The number of fused-ring (bicyclic) bond motifs is 1. The molecule has 8 heteroatoms. The molecule has 0 radical (unpaired) electrons. The minimum atomic E-state index is -1.41. The summed E-state index contributed by atoms with van der Waals surface area (Å²) in [5.41, 5.74) is 4.58. The second-order valence-corrected chi connectivity index (χ2v) is 11.5. The Morgan fingerprint density at radius 3 is 2.54 bits per heavy atom. The van der Waals surface area contributed by atoms with Crippen LogP contribution < -0.4 is 5.56 Å². The molecule has 210 valence electrons. The van der Waals surface area contributed by atoms with Crippen LogP contribution in [-0.4, -0.2) is 37.4 Å². The average molecular weight is 553 g/mol. The molecule has 0 bridgehead atoms. The van der Waals surface area contributed by atoms with Crippen molar-refractivity contribution < 1.29 is 14.3 Å². The van der Waals surface area contributed by atoms with Crippen molar-refractivity contribution in [2.24, 2.45) is 0 Å². The number of benzene rings is 2. The molecule has 41 heavy (non-hydrogen) atoms. The van der Waals surface area contributed by atoms with E-state index in [1.165, 1.54) is 17.0 Å². The topological polar surface area (TPSA) is 99.2 Å². The molecule has 2 aromatic heterocycles. The highest BCUT2D eigenvalue weighted by atomic mass is 19.1. The van der Waals surface area contributed by atoms with Crippen LogP contribution in [0.15, 0.2) is 71.8 Å². The predicted molar refractivity (Wildman–Crippen MR) is 154 cm³/mol. The van der Waals surface area contributed by atoms with Gasteiger partial charge in [0, 0.05) is 18.9 Å². The monoisotopic (exact) mass is 552 g/mol. The first-order chi connectivity index (χ1) is 19.7. The van der Waals surface area contributed by atoms with Gasteiger partial charge in [-0.3, -0.25) is 14.6 Å². The summed E-state index contributed by atoms with van der Waals surface area (Å²) in [4.78, 5) is 40.9. The van der Waals surface area contributed by atoms with Crippen LogP contribution in [0.2, 0.25) is 0 Å². The molecule has 2 N–H and O–H groups in total. The molecule has 7 nitrogen and oxygen atoms in total. The van der Waals surface area contributed by atoms with Crippen LogP contribution in [0.5, 0.6) is 0 Å². The quantitative estimate of drug-likeness (QED) is 0.343. The number of amides is 1. The number of halogens is 1. The fourth-order valence-corrected chi connectivity index (χ4v) is 5.73. The van der Waals surface area contributed by atoms with Crippen molar-refractivity contribution in [1.82, 2.24) is 19.9 Å².